The molecule has 2 atom stereocenters. The summed E-state index contributed by atoms with van der Waals surface area (Å²) in [6.07, 6.45) is 1.38. The van der Waals surface area contributed by atoms with E-state index in [2.05, 4.69) is 5.32 Å². The summed E-state index contributed by atoms with van der Waals surface area (Å²) in [5, 5.41) is 10.9. The number of nitrogens with one attached hydrogen (secondary N) is 1. The van der Waals surface area contributed by atoms with E-state index in [1.54, 1.807) is 11.8 Å². The van der Waals surface area contributed by atoms with Crippen LogP contribution in [0.4, 0.5) is 4.79 Å². The topological polar surface area (TPSA) is 107 Å². The van der Waals surface area contributed by atoms with Gasteiger partial charge in [-0.1, -0.05) is 0 Å². The van der Waals surface area contributed by atoms with Crippen molar-refractivity contribution in [3.63, 3.8) is 0 Å². The van der Waals surface area contributed by atoms with E-state index in [-0.39, 0.29) is 24.9 Å². The number of aliphatic carboxylic acids is 1. The van der Waals surface area contributed by atoms with E-state index in [1.807, 2.05) is 0 Å². The van der Waals surface area contributed by atoms with Crippen LogP contribution in [0.25, 0.3) is 0 Å². The molecule has 0 aromatic rings. The normalized spacial score (nSPS) is 26.0. The molecule has 0 bridgehead atoms. The lowest BCUT2D eigenvalue weighted by atomic mass is 10.0. The summed E-state index contributed by atoms with van der Waals surface area (Å²) in [7, 11) is 0. The number of urea groups is 1. The van der Waals surface area contributed by atoms with Crippen molar-refractivity contribution in [3.8, 4) is 0 Å². The molecule has 0 aromatic carbocycles. The average Bonchev–Trinajstić information content (AvgIpc) is 2.88. The molecule has 0 saturated carbocycles. The van der Waals surface area contributed by atoms with Gasteiger partial charge in [0.15, 0.2) is 0 Å². The first-order valence-electron chi connectivity index (χ1n) is 6.99. The highest BCUT2D eigenvalue weighted by Crippen LogP contribution is 2.23. The Morgan fingerprint density at radius 1 is 1.38 bits per heavy atom. The van der Waals surface area contributed by atoms with Crippen molar-refractivity contribution in [3.05, 3.63) is 0 Å². The van der Waals surface area contributed by atoms with Crippen molar-refractivity contribution < 1.29 is 24.3 Å². The minimum atomic E-state index is -0.841. The Labute approximate surface area is 122 Å². The number of piperazine rings is 1. The highest BCUT2D eigenvalue weighted by atomic mass is 16.4. The molecule has 21 heavy (non-hydrogen) atoms. The maximum absolute atomic E-state index is 12.4. The number of amides is 4. The van der Waals surface area contributed by atoms with Crippen LogP contribution in [0.3, 0.4) is 0 Å². The van der Waals surface area contributed by atoms with Gasteiger partial charge >= 0.3 is 12.0 Å². The summed E-state index contributed by atoms with van der Waals surface area (Å²) in [4.78, 5) is 48.8. The van der Waals surface area contributed by atoms with Crippen LogP contribution in [0.1, 0.15) is 26.2 Å². The largest absolute Gasteiger partial charge is 0.481 e. The summed E-state index contributed by atoms with van der Waals surface area (Å²) in [5.41, 5.74) is 0. The van der Waals surface area contributed by atoms with E-state index in [4.69, 9.17) is 5.11 Å². The molecule has 2 saturated heterocycles. The molecule has 2 aliphatic rings. The van der Waals surface area contributed by atoms with E-state index in [0.29, 0.717) is 19.5 Å². The van der Waals surface area contributed by atoms with Crippen molar-refractivity contribution in [2.24, 2.45) is 5.92 Å². The van der Waals surface area contributed by atoms with Gasteiger partial charge in [0.05, 0.1) is 0 Å². The molecule has 2 aliphatic heterocycles. The van der Waals surface area contributed by atoms with Crippen LogP contribution < -0.4 is 5.32 Å². The predicted molar refractivity (Wildman–Crippen MR) is 71.3 cm³/mol. The van der Waals surface area contributed by atoms with E-state index >= 15 is 0 Å². The van der Waals surface area contributed by atoms with Crippen LogP contribution in [0.2, 0.25) is 0 Å². The molecule has 0 aliphatic carbocycles. The molecule has 0 aromatic heterocycles. The van der Waals surface area contributed by atoms with Crippen LogP contribution in [0.15, 0.2) is 0 Å². The summed E-state index contributed by atoms with van der Waals surface area (Å²) in [5.74, 6) is -1.63. The number of nitrogens with zero attached hydrogens (tertiary/aromatic N) is 2. The maximum atomic E-state index is 12.4. The van der Waals surface area contributed by atoms with Gasteiger partial charge in [-0.2, -0.15) is 0 Å². The Kier molecular flexibility index (Phi) is 4.44. The molecule has 2 unspecified atom stereocenters. The average molecular weight is 297 g/mol. The standard InChI is InChI=1S/C13H19N3O5/c1-8-12(20)14-10(17)7-16(8)13(21)15-5-4-9(6-15)2-3-11(18)19/h8-9H,2-7H2,1H3,(H,18,19)(H,14,17,20). The van der Waals surface area contributed by atoms with Gasteiger partial charge in [0, 0.05) is 19.5 Å². The first-order valence-corrected chi connectivity index (χ1v) is 6.99. The summed E-state index contributed by atoms with van der Waals surface area (Å²) < 4.78 is 0. The molecule has 4 amide bonds. The number of carboxylic acid groups (broad SMARTS) is 1. The maximum Gasteiger partial charge on any atom is 0.321 e. The van der Waals surface area contributed by atoms with Gasteiger partial charge in [0.25, 0.3) is 0 Å². The van der Waals surface area contributed by atoms with E-state index < -0.39 is 23.8 Å². The Balaban J connectivity index is 1.93. The van der Waals surface area contributed by atoms with Crippen molar-refractivity contribution >= 4 is 23.8 Å². The third kappa shape index (κ3) is 3.50. The molecule has 2 fully saturated rings. The minimum absolute atomic E-state index is 0.0910. The van der Waals surface area contributed by atoms with Crippen LogP contribution in [0, 0.1) is 5.92 Å². The molecule has 116 valence electrons. The zero-order valence-electron chi connectivity index (χ0n) is 11.9. The third-order valence-electron chi connectivity index (χ3n) is 3.99. The van der Waals surface area contributed by atoms with Gasteiger partial charge in [-0.3, -0.25) is 19.7 Å². The number of carbonyl (C=O) groups is 4. The second-order valence-corrected chi connectivity index (χ2v) is 5.53. The van der Waals surface area contributed by atoms with Crippen molar-refractivity contribution in [1.29, 1.82) is 0 Å². The highest BCUT2D eigenvalue weighted by molar-refractivity contribution is 6.03. The van der Waals surface area contributed by atoms with Gasteiger partial charge in [-0.05, 0) is 25.7 Å². The summed E-state index contributed by atoms with van der Waals surface area (Å²) >= 11 is 0. The van der Waals surface area contributed by atoms with Gasteiger partial charge < -0.3 is 14.9 Å². The number of likely N-dealkylation sites (tertiary alicyclic amines) is 1. The predicted octanol–water partition coefficient (Wildman–Crippen LogP) is -0.360. The monoisotopic (exact) mass is 297 g/mol. The Hall–Kier alpha value is -2.12. The molecule has 2 N–H and O–H groups in total. The molecule has 8 nitrogen and oxygen atoms in total. The second-order valence-electron chi connectivity index (χ2n) is 5.53. The Bertz CT molecular complexity index is 478. The quantitative estimate of drug-likeness (QED) is 0.692. The molecule has 2 heterocycles. The SMILES string of the molecule is CC1C(=O)NC(=O)CN1C(=O)N1CCC(CCC(=O)O)C1. The van der Waals surface area contributed by atoms with E-state index in [1.165, 1.54) is 4.90 Å². The number of hydrogen-bond acceptors (Lipinski definition) is 4. The fourth-order valence-corrected chi connectivity index (χ4v) is 2.70. The van der Waals surface area contributed by atoms with Crippen molar-refractivity contribution in [2.75, 3.05) is 19.6 Å². The van der Waals surface area contributed by atoms with Gasteiger partial charge in [-0.15, -0.1) is 0 Å². The molecular formula is C13H19N3O5. The first kappa shape index (κ1) is 15.3. The van der Waals surface area contributed by atoms with Gasteiger partial charge in [0.1, 0.15) is 12.6 Å². The lowest BCUT2D eigenvalue weighted by molar-refractivity contribution is -0.139. The lowest BCUT2D eigenvalue weighted by Crippen LogP contribution is -2.60. The fraction of sp³-hybridized carbons (Fsp3) is 0.692. The lowest BCUT2D eigenvalue weighted by Gasteiger charge is -2.34. The molecule has 0 spiro atoms. The molecule has 0 radical (unpaired) electrons. The third-order valence-corrected chi connectivity index (χ3v) is 3.99. The second kappa shape index (κ2) is 6.11. The smallest absolute Gasteiger partial charge is 0.321 e. The van der Waals surface area contributed by atoms with Gasteiger partial charge in [-0.25, -0.2) is 4.79 Å². The number of rotatable bonds is 3. The van der Waals surface area contributed by atoms with Crippen LogP contribution in [0.5, 0.6) is 0 Å². The zero-order chi connectivity index (χ0) is 15.6. The minimum Gasteiger partial charge on any atom is -0.481 e. The number of carboxylic acids is 1. The van der Waals surface area contributed by atoms with E-state index in [9.17, 15) is 19.2 Å². The number of hydrogen-bond donors (Lipinski definition) is 2. The number of imide groups is 1. The first-order chi connectivity index (χ1) is 9.88. The van der Waals surface area contributed by atoms with E-state index in [0.717, 1.165) is 6.42 Å². The Morgan fingerprint density at radius 3 is 2.76 bits per heavy atom. The molecule has 2 rings (SSSR count). The molecule has 8 heteroatoms. The zero-order valence-corrected chi connectivity index (χ0v) is 11.9. The Morgan fingerprint density at radius 2 is 2.10 bits per heavy atom. The highest BCUT2D eigenvalue weighted by Gasteiger charge is 2.37. The van der Waals surface area contributed by atoms with Crippen molar-refractivity contribution in [2.45, 2.75) is 32.2 Å². The molecular weight excluding hydrogens is 278 g/mol. The number of carbonyl (C=O) groups excluding carboxylic acids is 3. The van der Waals surface area contributed by atoms with Crippen LogP contribution in [-0.4, -0.2) is 64.4 Å². The van der Waals surface area contributed by atoms with Gasteiger partial charge in [0.2, 0.25) is 11.8 Å². The summed E-state index contributed by atoms with van der Waals surface area (Å²) in [6.45, 7) is 2.47. The van der Waals surface area contributed by atoms with Crippen LogP contribution in [-0.2, 0) is 14.4 Å². The van der Waals surface area contributed by atoms with Crippen LogP contribution >= 0.6 is 0 Å². The summed E-state index contributed by atoms with van der Waals surface area (Å²) in [6, 6.07) is -1.00. The van der Waals surface area contributed by atoms with Crippen molar-refractivity contribution in [1.82, 2.24) is 15.1 Å². The fourth-order valence-electron chi connectivity index (χ4n) is 2.70.